The average molecular weight is 321 g/mol. The van der Waals surface area contributed by atoms with Crippen LogP contribution in [-0.2, 0) is 19.0 Å². The molecule has 0 aromatic carbocycles. The van der Waals surface area contributed by atoms with Crippen molar-refractivity contribution in [2.24, 2.45) is 0 Å². The topological polar surface area (TPSA) is 44.8 Å². The Labute approximate surface area is 117 Å². The third kappa shape index (κ3) is 5.98. The van der Waals surface area contributed by atoms with E-state index < -0.39 is 0 Å². The van der Waals surface area contributed by atoms with Gasteiger partial charge in [-0.2, -0.15) is 0 Å². The van der Waals surface area contributed by atoms with Crippen molar-refractivity contribution in [2.75, 3.05) is 25.7 Å². The highest BCUT2D eigenvalue weighted by molar-refractivity contribution is 9.09. The number of allylic oxidation sites excluding steroid dienone is 1. The number of halogens is 1. The standard InChI is InChI=1S/C13H21BrO4/c1-16-13(15)11(10-14)6-2-4-8-17-12-7-3-5-9-18-12/h6,12H,2-5,7-10H2,1H3/b11-6+. The monoisotopic (exact) mass is 320 g/mol. The number of methoxy groups -OCH3 is 1. The van der Waals surface area contributed by atoms with Gasteiger partial charge in [-0.3, -0.25) is 0 Å². The number of carbonyl (C=O) groups excluding carboxylic acids is 1. The molecule has 0 radical (unpaired) electrons. The van der Waals surface area contributed by atoms with Crippen molar-refractivity contribution in [3.05, 3.63) is 11.6 Å². The molecule has 0 N–H and O–H groups in total. The Morgan fingerprint density at radius 1 is 1.50 bits per heavy atom. The van der Waals surface area contributed by atoms with E-state index in [0.29, 0.717) is 17.5 Å². The summed E-state index contributed by atoms with van der Waals surface area (Å²) in [6.45, 7) is 1.47. The van der Waals surface area contributed by atoms with E-state index in [9.17, 15) is 4.79 Å². The number of rotatable bonds is 7. The number of unbranched alkanes of at least 4 members (excludes halogenated alkanes) is 1. The first-order chi connectivity index (χ1) is 8.77. The molecule has 1 aliphatic heterocycles. The molecule has 0 aromatic rings. The zero-order chi connectivity index (χ0) is 13.2. The SMILES string of the molecule is COC(=O)/C(=C/CCCOC1CCCCO1)CBr. The summed E-state index contributed by atoms with van der Waals surface area (Å²) in [5, 5.41) is 0.520. The van der Waals surface area contributed by atoms with Gasteiger partial charge in [-0.15, -0.1) is 0 Å². The molecule has 1 atom stereocenters. The van der Waals surface area contributed by atoms with Crippen LogP contribution in [0.25, 0.3) is 0 Å². The highest BCUT2D eigenvalue weighted by Crippen LogP contribution is 2.14. The predicted molar refractivity (Wildman–Crippen MR) is 72.7 cm³/mol. The minimum absolute atomic E-state index is 0.0287. The molecule has 0 aliphatic carbocycles. The van der Waals surface area contributed by atoms with Crippen molar-refractivity contribution in [3.8, 4) is 0 Å². The summed E-state index contributed by atoms with van der Waals surface area (Å²) in [5.41, 5.74) is 0.659. The summed E-state index contributed by atoms with van der Waals surface area (Å²) in [6.07, 6.45) is 6.86. The number of hydrogen-bond donors (Lipinski definition) is 0. The van der Waals surface area contributed by atoms with E-state index in [1.807, 2.05) is 6.08 Å². The first-order valence-electron chi connectivity index (χ1n) is 6.34. The highest BCUT2D eigenvalue weighted by atomic mass is 79.9. The Morgan fingerprint density at radius 2 is 2.33 bits per heavy atom. The van der Waals surface area contributed by atoms with Gasteiger partial charge in [0.2, 0.25) is 0 Å². The zero-order valence-electron chi connectivity index (χ0n) is 10.8. The fourth-order valence-corrected chi connectivity index (χ4v) is 2.20. The summed E-state index contributed by atoms with van der Waals surface area (Å²) in [5.74, 6) is -0.275. The molecule has 0 saturated carbocycles. The zero-order valence-corrected chi connectivity index (χ0v) is 12.4. The molecule has 1 heterocycles. The molecule has 1 saturated heterocycles. The fourth-order valence-electron chi connectivity index (χ4n) is 1.74. The summed E-state index contributed by atoms with van der Waals surface area (Å²) in [7, 11) is 1.39. The third-order valence-electron chi connectivity index (χ3n) is 2.77. The maximum absolute atomic E-state index is 11.3. The maximum atomic E-state index is 11.3. The van der Waals surface area contributed by atoms with Crippen LogP contribution < -0.4 is 0 Å². The molecule has 104 valence electrons. The molecule has 0 spiro atoms. The second-order valence-corrected chi connectivity index (χ2v) is 4.72. The lowest BCUT2D eigenvalue weighted by Crippen LogP contribution is -2.22. The van der Waals surface area contributed by atoms with Gasteiger partial charge in [0.15, 0.2) is 6.29 Å². The molecule has 1 aliphatic rings. The Balaban J connectivity index is 2.12. The molecule has 18 heavy (non-hydrogen) atoms. The van der Waals surface area contributed by atoms with Gasteiger partial charge in [-0.25, -0.2) is 4.79 Å². The van der Waals surface area contributed by atoms with Crippen LogP contribution in [0.5, 0.6) is 0 Å². The van der Waals surface area contributed by atoms with E-state index in [1.54, 1.807) is 0 Å². The van der Waals surface area contributed by atoms with Crippen LogP contribution in [-0.4, -0.2) is 37.9 Å². The molecule has 0 bridgehead atoms. The Morgan fingerprint density at radius 3 is 2.94 bits per heavy atom. The Bertz CT molecular complexity index is 272. The van der Waals surface area contributed by atoms with Gasteiger partial charge < -0.3 is 14.2 Å². The van der Waals surface area contributed by atoms with E-state index in [2.05, 4.69) is 20.7 Å². The van der Waals surface area contributed by atoms with Crippen molar-refractivity contribution >= 4 is 21.9 Å². The van der Waals surface area contributed by atoms with Crippen LogP contribution in [0.3, 0.4) is 0 Å². The number of ether oxygens (including phenoxy) is 3. The molecule has 0 amide bonds. The van der Waals surface area contributed by atoms with Gasteiger partial charge in [-0.1, -0.05) is 22.0 Å². The van der Waals surface area contributed by atoms with Crippen LogP contribution in [0.15, 0.2) is 11.6 Å². The molecule has 5 heteroatoms. The second kappa shape index (κ2) is 9.53. The lowest BCUT2D eigenvalue weighted by molar-refractivity contribution is -0.162. The van der Waals surface area contributed by atoms with E-state index in [-0.39, 0.29) is 12.3 Å². The summed E-state index contributed by atoms with van der Waals surface area (Å²) in [4.78, 5) is 11.3. The summed E-state index contributed by atoms with van der Waals surface area (Å²) in [6, 6.07) is 0. The maximum Gasteiger partial charge on any atom is 0.334 e. The van der Waals surface area contributed by atoms with Crippen LogP contribution in [0, 0.1) is 0 Å². The van der Waals surface area contributed by atoms with Gasteiger partial charge in [0.1, 0.15) is 0 Å². The molecule has 4 nitrogen and oxygen atoms in total. The lowest BCUT2D eigenvalue weighted by atomic mass is 10.2. The van der Waals surface area contributed by atoms with Crippen molar-refractivity contribution < 1.29 is 19.0 Å². The van der Waals surface area contributed by atoms with Crippen molar-refractivity contribution in [3.63, 3.8) is 0 Å². The molecule has 1 fully saturated rings. The smallest absolute Gasteiger partial charge is 0.334 e. The normalized spacial score (nSPS) is 20.8. The fraction of sp³-hybridized carbons (Fsp3) is 0.769. The van der Waals surface area contributed by atoms with Gasteiger partial charge in [0, 0.05) is 17.5 Å². The van der Waals surface area contributed by atoms with Crippen molar-refractivity contribution in [2.45, 2.75) is 38.4 Å². The van der Waals surface area contributed by atoms with Gasteiger partial charge in [0.25, 0.3) is 0 Å². The van der Waals surface area contributed by atoms with E-state index in [1.165, 1.54) is 13.5 Å². The number of carbonyl (C=O) groups is 1. The number of hydrogen-bond acceptors (Lipinski definition) is 4. The molecular weight excluding hydrogens is 300 g/mol. The van der Waals surface area contributed by atoms with Gasteiger partial charge in [0.05, 0.1) is 13.7 Å². The molecule has 1 unspecified atom stereocenters. The van der Waals surface area contributed by atoms with Crippen LogP contribution in [0.1, 0.15) is 32.1 Å². The Kier molecular flexibility index (Phi) is 8.29. The molecular formula is C13H21BrO4. The quantitative estimate of drug-likeness (QED) is 0.313. The highest BCUT2D eigenvalue weighted by Gasteiger charge is 2.13. The first-order valence-corrected chi connectivity index (χ1v) is 7.46. The Hall–Kier alpha value is -0.390. The van der Waals surface area contributed by atoms with E-state index >= 15 is 0 Å². The first kappa shape index (κ1) is 15.7. The van der Waals surface area contributed by atoms with E-state index in [0.717, 1.165) is 32.3 Å². The predicted octanol–water partition coefficient (Wildman–Crippen LogP) is 2.80. The largest absolute Gasteiger partial charge is 0.466 e. The van der Waals surface area contributed by atoms with Gasteiger partial charge in [-0.05, 0) is 32.1 Å². The van der Waals surface area contributed by atoms with Crippen LogP contribution in [0.2, 0.25) is 0 Å². The summed E-state index contributed by atoms with van der Waals surface area (Å²) < 4.78 is 15.7. The number of esters is 1. The van der Waals surface area contributed by atoms with Gasteiger partial charge >= 0.3 is 5.97 Å². The third-order valence-corrected chi connectivity index (χ3v) is 3.38. The van der Waals surface area contributed by atoms with Crippen molar-refractivity contribution in [1.82, 2.24) is 0 Å². The second-order valence-electron chi connectivity index (χ2n) is 4.16. The molecule has 1 rings (SSSR count). The average Bonchev–Trinajstić information content (AvgIpc) is 2.43. The lowest BCUT2D eigenvalue weighted by Gasteiger charge is -2.22. The van der Waals surface area contributed by atoms with Crippen LogP contribution >= 0.6 is 15.9 Å². The van der Waals surface area contributed by atoms with Crippen LogP contribution in [0.4, 0.5) is 0 Å². The van der Waals surface area contributed by atoms with E-state index in [4.69, 9.17) is 9.47 Å². The number of alkyl halides is 1. The minimum atomic E-state index is -0.275. The summed E-state index contributed by atoms with van der Waals surface area (Å²) >= 11 is 3.27. The molecule has 0 aromatic heterocycles. The van der Waals surface area contributed by atoms with Crippen molar-refractivity contribution in [1.29, 1.82) is 0 Å². The minimum Gasteiger partial charge on any atom is -0.466 e.